The fourth-order valence-corrected chi connectivity index (χ4v) is 2.41. The third-order valence-corrected chi connectivity index (χ3v) is 3.90. The van der Waals surface area contributed by atoms with E-state index in [1.54, 1.807) is 0 Å². The maximum atomic E-state index is 13.9. The van der Waals surface area contributed by atoms with Crippen molar-refractivity contribution < 1.29 is 39.9 Å². The summed E-state index contributed by atoms with van der Waals surface area (Å²) in [5, 5.41) is 0. The lowest BCUT2D eigenvalue weighted by Crippen LogP contribution is -2.47. The predicted octanol–water partition coefficient (Wildman–Crippen LogP) is 6.01. The lowest BCUT2D eigenvalue weighted by molar-refractivity contribution is -0.262. The first-order chi connectivity index (χ1) is 11.9. The Morgan fingerprint density at radius 1 is 1.00 bits per heavy atom. The highest BCUT2D eigenvalue weighted by Crippen LogP contribution is 2.49. The molecular weight excluding hydrogens is 372 g/mol. The summed E-state index contributed by atoms with van der Waals surface area (Å²) >= 11 is 0. The second kappa shape index (κ2) is 6.92. The Balaban J connectivity index is 2.17. The van der Waals surface area contributed by atoms with E-state index >= 15 is 0 Å². The summed E-state index contributed by atoms with van der Waals surface area (Å²) in [4.78, 5) is 0. The third kappa shape index (κ3) is 3.71. The van der Waals surface area contributed by atoms with Crippen molar-refractivity contribution in [2.45, 2.75) is 44.1 Å². The van der Waals surface area contributed by atoms with Crippen molar-refractivity contribution in [2.75, 3.05) is 0 Å². The fourth-order valence-electron chi connectivity index (χ4n) is 2.41. The Morgan fingerprint density at radius 3 is 2.27 bits per heavy atom. The van der Waals surface area contributed by atoms with Crippen molar-refractivity contribution in [3.63, 3.8) is 0 Å². The van der Waals surface area contributed by atoms with E-state index < -0.39 is 65.7 Å². The van der Waals surface area contributed by atoms with Gasteiger partial charge in [0, 0.05) is 5.57 Å². The van der Waals surface area contributed by atoms with Crippen LogP contribution in [-0.2, 0) is 11.2 Å². The molecule has 1 aliphatic carbocycles. The third-order valence-electron chi connectivity index (χ3n) is 3.90. The minimum atomic E-state index is -4.96. The molecule has 0 spiro atoms. The molecule has 1 aromatic rings. The predicted molar refractivity (Wildman–Crippen MR) is 77.1 cm³/mol. The number of hydrogen-bond donors (Lipinski definition) is 0. The summed E-state index contributed by atoms with van der Waals surface area (Å²) in [6.07, 6.45) is -5.77. The zero-order chi connectivity index (χ0) is 19.8. The summed E-state index contributed by atoms with van der Waals surface area (Å²) in [6.45, 7) is 1.22. The lowest BCUT2D eigenvalue weighted by atomic mass is 9.93. The first-order valence-corrected chi connectivity index (χ1v) is 7.59. The number of benzene rings is 1. The highest BCUT2D eigenvalue weighted by molar-refractivity contribution is 5.35. The summed E-state index contributed by atoms with van der Waals surface area (Å²) in [5.41, 5.74) is -1.34. The fraction of sp³-hybridized carbons (Fsp3) is 0.412. The molecule has 0 atom stereocenters. The van der Waals surface area contributed by atoms with Gasteiger partial charge in [-0.3, -0.25) is 0 Å². The van der Waals surface area contributed by atoms with Crippen molar-refractivity contribution in [2.24, 2.45) is 0 Å². The monoisotopic (exact) mass is 386 g/mol. The number of hydrogen-bond acceptors (Lipinski definition) is 1. The SMILES string of the molecule is CCC1=CC=C(OC(F)(F)CCc2cccc(F)c2F)C(F)(F)C1(F)F. The van der Waals surface area contributed by atoms with Gasteiger partial charge in [0.15, 0.2) is 17.4 Å². The topological polar surface area (TPSA) is 9.23 Å². The normalized spacial score (nSPS) is 19.0. The van der Waals surface area contributed by atoms with Crippen LogP contribution in [0.5, 0.6) is 0 Å². The van der Waals surface area contributed by atoms with Crippen LogP contribution in [0, 0.1) is 11.6 Å². The molecule has 0 aromatic heterocycles. The molecule has 1 nitrogen and oxygen atoms in total. The van der Waals surface area contributed by atoms with Gasteiger partial charge in [-0.2, -0.15) is 26.3 Å². The number of aryl methyl sites for hydroxylation is 1. The van der Waals surface area contributed by atoms with Crippen molar-refractivity contribution in [1.29, 1.82) is 0 Å². The van der Waals surface area contributed by atoms with Crippen LogP contribution in [-0.4, -0.2) is 18.0 Å². The number of ether oxygens (including phenoxy) is 1. The van der Waals surface area contributed by atoms with Crippen LogP contribution in [0.4, 0.5) is 35.1 Å². The van der Waals surface area contributed by atoms with Crippen molar-refractivity contribution in [3.05, 3.63) is 58.9 Å². The summed E-state index contributed by atoms with van der Waals surface area (Å²) < 4.78 is 113. The number of allylic oxidation sites excluding steroid dienone is 4. The average Bonchev–Trinajstić information content (AvgIpc) is 2.54. The van der Waals surface area contributed by atoms with Crippen molar-refractivity contribution >= 4 is 0 Å². The molecular formula is C17H14F8O. The second-order valence-corrected chi connectivity index (χ2v) is 5.68. The molecule has 0 unspecified atom stereocenters. The molecule has 0 heterocycles. The summed E-state index contributed by atoms with van der Waals surface area (Å²) in [5.74, 6) is -14.1. The number of rotatable bonds is 6. The molecule has 0 amide bonds. The molecule has 1 aliphatic rings. The summed E-state index contributed by atoms with van der Waals surface area (Å²) in [6, 6.07) is 2.90. The van der Waals surface area contributed by atoms with E-state index in [9.17, 15) is 35.1 Å². The molecule has 9 heteroatoms. The van der Waals surface area contributed by atoms with E-state index in [-0.39, 0.29) is 0 Å². The number of halogens is 8. The van der Waals surface area contributed by atoms with Gasteiger partial charge in [-0.15, -0.1) is 0 Å². The highest BCUT2D eigenvalue weighted by Gasteiger charge is 2.64. The standard InChI is InChI=1S/C17H14F8O/c1-2-11-6-7-13(17(24,25)16(11,22)23)26-15(20,21)9-8-10-4-3-5-12(18)14(10)19/h3-7H,2,8-9H2,1H3. The smallest absolute Gasteiger partial charge is 0.398 e. The van der Waals surface area contributed by atoms with Crippen LogP contribution in [0.1, 0.15) is 25.3 Å². The van der Waals surface area contributed by atoms with Gasteiger partial charge in [0.2, 0.25) is 0 Å². The molecule has 144 valence electrons. The Bertz CT molecular complexity index is 736. The summed E-state index contributed by atoms with van der Waals surface area (Å²) in [7, 11) is 0. The Morgan fingerprint density at radius 2 is 1.65 bits per heavy atom. The van der Waals surface area contributed by atoms with Crippen molar-refractivity contribution in [1.82, 2.24) is 0 Å². The van der Waals surface area contributed by atoms with Crippen molar-refractivity contribution in [3.8, 4) is 0 Å². The van der Waals surface area contributed by atoms with Crippen LogP contribution >= 0.6 is 0 Å². The van der Waals surface area contributed by atoms with Gasteiger partial charge in [0.1, 0.15) is 0 Å². The molecule has 1 aromatic carbocycles. The Labute approximate surface area is 143 Å². The van der Waals surface area contributed by atoms with Gasteiger partial charge in [0.25, 0.3) is 0 Å². The molecule has 0 fully saturated rings. The van der Waals surface area contributed by atoms with Gasteiger partial charge in [-0.05, 0) is 30.5 Å². The largest absolute Gasteiger partial charge is 0.430 e. The number of alkyl halides is 6. The van der Waals surface area contributed by atoms with Gasteiger partial charge in [-0.1, -0.05) is 25.1 Å². The second-order valence-electron chi connectivity index (χ2n) is 5.68. The van der Waals surface area contributed by atoms with Crippen LogP contribution in [0.25, 0.3) is 0 Å². The van der Waals surface area contributed by atoms with Gasteiger partial charge < -0.3 is 4.74 Å². The van der Waals surface area contributed by atoms with E-state index in [1.165, 1.54) is 6.92 Å². The average molecular weight is 386 g/mol. The zero-order valence-electron chi connectivity index (χ0n) is 13.4. The van der Waals surface area contributed by atoms with Gasteiger partial charge in [-0.25, -0.2) is 8.78 Å². The molecule has 2 rings (SSSR count). The van der Waals surface area contributed by atoms with Crippen LogP contribution in [0.2, 0.25) is 0 Å². The molecule has 0 aliphatic heterocycles. The molecule has 0 saturated heterocycles. The Hall–Kier alpha value is -2.06. The maximum Gasteiger partial charge on any atom is 0.398 e. The molecule has 0 radical (unpaired) electrons. The van der Waals surface area contributed by atoms with E-state index in [1.807, 2.05) is 0 Å². The molecule has 0 bridgehead atoms. The van der Waals surface area contributed by atoms with E-state index in [4.69, 9.17) is 0 Å². The quantitative estimate of drug-likeness (QED) is 0.544. The van der Waals surface area contributed by atoms with Crippen LogP contribution < -0.4 is 0 Å². The molecule has 0 N–H and O–H groups in total. The highest BCUT2D eigenvalue weighted by atomic mass is 19.3. The minimum Gasteiger partial charge on any atom is -0.430 e. The van der Waals surface area contributed by atoms with Crippen LogP contribution in [0.15, 0.2) is 41.7 Å². The Kier molecular flexibility index (Phi) is 5.39. The lowest BCUT2D eigenvalue weighted by Gasteiger charge is -2.33. The minimum absolute atomic E-state index is 0.368. The van der Waals surface area contributed by atoms with Crippen LogP contribution in [0.3, 0.4) is 0 Å². The molecule has 0 saturated carbocycles. The maximum absolute atomic E-state index is 13.9. The van der Waals surface area contributed by atoms with E-state index in [2.05, 4.69) is 4.74 Å². The van der Waals surface area contributed by atoms with E-state index in [0.717, 1.165) is 18.2 Å². The molecule has 26 heavy (non-hydrogen) atoms. The first-order valence-electron chi connectivity index (χ1n) is 7.59. The van der Waals surface area contributed by atoms with Gasteiger partial charge in [0.05, 0.1) is 6.42 Å². The zero-order valence-corrected chi connectivity index (χ0v) is 13.4. The van der Waals surface area contributed by atoms with E-state index in [0.29, 0.717) is 12.2 Å². The first kappa shape index (κ1) is 20.3. The van der Waals surface area contributed by atoms with Gasteiger partial charge >= 0.3 is 18.0 Å².